The minimum atomic E-state index is -4.51. The molecular weight excluding hydrogens is 490 g/mol. The van der Waals surface area contributed by atoms with Crippen LogP contribution in [0.15, 0.2) is 48.8 Å². The van der Waals surface area contributed by atoms with Crippen LogP contribution < -0.4 is 15.0 Å². The van der Waals surface area contributed by atoms with Gasteiger partial charge in [-0.1, -0.05) is 6.07 Å². The van der Waals surface area contributed by atoms with Crippen molar-refractivity contribution in [3.63, 3.8) is 0 Å². The zero-order chi connectivity index (χ0) is 25.4. The number of aliphatic hydroxyl groups excluding tert-OH is 2. The highest BCUT2D eigenvalue weighted by molar-refractivity contribution is 7.47. The number of carbonyl (C=O) groups is 1. The highest BCUT2D eigenvalue weighted by Crippen LogP contribution is 2.44. The van der Waals surface area contributed by atoms with Gasteiger partial charge in [0.15, 0.2) is 18.5 Å². The molecule has 3 rings (SSSR count). The number of halogens is 1. The van der Waals surface area contributed by atoms with Gasteiger partial charge in [0.2, 0.25) is 0 Å². The van der Waals surface area contributed by atoms with Gasteiger partial charge in [0.05, 0.1) is 26.4 Å². The van der Waals surface area contributed by atoms with Crippen LogP contribution in [0.3, 0.4) is 0 Å². The minimum absolute atomic E-state index is 0.0450. The van der Waals surface area contributed by atoms with Crippen LogP contribution in [0.25, 0.3) is 0 Å². The Balaban J connectivity index is 1.37. The lowest BCUT2D eigenvalue weighted by Gasteiger charge is -2.17. The van der Waals surface area contributed by atoms with Gasteiger partial charge in [0.25, 0.3) is 12.1 Å². The second-order valence-corrected chi connectivity index (χ2v) is 8.92. The Kier molecular flexibility index (Phi) is 9.66. The number of carbonyl (C=O) groups excluding carboxylic acids is 1. The molecule has 0 aliphatic carbocycles. The van der Waals surface area contributed by atoms with Crippen LogP contribution >= 0.6 is 7.82 Å². The number of rotatable bonds is 13. The van der Waals surface area contributed by atoms with Crippen molar-refractivity contribution in [1.29, 1.82) is 0 Å². The Morgan fingerprint density at radius 3 is 2.63 bits per heavy atom. The lowest BCUT2D eigenvalue weighted by molar-refractivity contribution is -0.765. The third kappa shape index (κ3) is 8.02. The molecule has 5 atom stereocenters. The largest absolute Gasteiger partial charge is 0.491 e. The number of pyridine rings is 1. The number of benzene rings is 1. The summed E-state index contributed by atoms with van der Waals surface area (Å²) in [6, 6.07) is 8.60. The number of aliphatic hydroxyl groups is 2. The van der Waals surface area contributed by atoms with Crippen molar-refractivity contribution < 1.29 is 56.7 Å². The van der Waals surface area contributed by atoms with E-state index < -0.39 is 50.7 Å². The van der Waals surface area contributed by atoms with Gasteiger partial charge in [-0.2, -0.15) is 4.57 Å². The van der Waals surface area contributed by atoms with Gasteiger partial charge in [-0.05, 0) is 18.2 Å². The lowest BCUT2D eigenvalue weighted by Crippen LogP contribution is -2.46. The van der Waals surface area contributed by atoms with Gasteiger partial charge in [-0.15, -0.1) is 0 Å². The molecular formula is C21H27FN2O10P+. The highest BCUT2D eigenvalue weighted by Gasteiger charge is 2.49. The van der Waals surface area contributed by atoms with Crippen molar-refractivity contribution in [3.8, 4) is 5.75 Å². The van der Waals surface area contributed by atoms with E-state index in [2.05, 4.69) is 0 Å². The number of hydrogen-bond donors (Lipinski definition) is 4. The second-order valence-electron chi connectivity index (χ2n) is 7.47. The summed E-state index contributed by atoms with van der Waals surface area (Å²) >= 11 is 0. The maximum Gasteiger partial charge on any atom is 0.472 e. The molecule has 1 aliphatic heterocycles. The molecule has 0 spiro atoms. The first-order chi connectivity index (χ1) is 16.7. The van der Waals surface area contributed by atoms with Crippen LogP contribution in [0.2, 0.25) is 0 Å². The van der Waals surface area contributed by atoms with Crippen LogP contribution in [0.4, 0.5) is 4.39 Å². The molecule has 1 aromatic carbocycles. The Morgan fingerprint density at radius 2 is 1.89 bits per heavy atom. The van der Waals surface area contributed by atoms with Crippen LogP contribution in [-0.4, -0.2) is 72.4 Å². The standard InChI is InChI=1S/C21H26FN2O10P/c22-15-4-1-5-16(11-15)31-9-7-30-8-10-32-35(28,29)33-13-17-18(25)19(26)21(34-17)24-6-2-3-14(12-24)20(23)27/h1-6,11-12,17-19,21,25-26H,7-10,13H2,(H2-,23,27,28,29)/p+1/t17-,18-,19-,21-/m1/s1. The van der Waals surface area contributed by atoms with Crippen molar-refractivity contribution >= 4 is 13.7 Å². The molecule has 2 aromatic rings. The van der Waals surface area contributed by atoms with E-state index >= 15 is 0 Å². The molecule has 192 valence electrons. The Morgan fingerprint density at radius 1 is 1.11 bits per heavy atom. The summed E-state index contributed by atoms with van der Waals surface area (Å²) in [6.45, 7) is -0.607. The number of aromatic nitrogens is 1. The molecule has 1 amide bonds. The van der Waals surface area contributed by atoms with E-state index in [1.54, 1.807) is 6.07 Å². The van der Waals surface area contributed by atoms with Crippen molar-refractivity contribution in [3.05, 3.63) is 60.2 Å². The lowest BCUT2D eigenvalue weighted by atomic mass is 10.1. The van der Waals surface area contributed by atoms with E-state index in [9.17, 15) is 28.9 Å². The third-order valence-corrected chi connectivity index (χ3v) is 5.90. The number of phosphoric ester groups is 1. The fourth-order valence-electron chi connectivity index (χ4n) is 3.20. The van der Waals surface area contributed by atoms with E-state index in [-0.39, 0.29) is 32.0 Å². The molecule has 1 fully saturated rings. The fraction of sp³-hybridized carbons (Fsp3) is 0.429. The van der Waals surface area contributed by atoms with E-state index in [0.29, 0.717) is 5.75 Å². The Hall–Kier alpha value is -2.48. The summed E-state index contributed by atoms with van der Waals surface area (Å²) in [7, 11) is -4.51. The van der Waals surface area contributed by atoms with Gasteiger partial charge >= 0.3 is 7.82 Å². The SMILES string of the molecule is NC(=O)c1ccc[n+]([C@@H]2O[C@H](COP(=O)(O)OCCOCCOc3cccc(F)c3)[C@@H](O)[C@H]2O)c1. The maximum atomic E-state index is 13.1. The average molecular weight is 517 g/mol. The van der Waals surface area contributed by atoms with Crippen LogP contribution in [0, 0.1) is 5.82 Å². The monoisotopic (exact) mass is 517 g/mol. The van der Waals surface area contributed by atoms with Gasteiger partial charge in [-0.25, -0.2) is 8.96 Å². The molecule has 1 unspecified atom stereocenters. The molecule has 0 radical (unpaired) electrons. The van der Waals surface area contributed by atoms with Crippen LogP contribution in [0.1, 0.15) is 16.6 Å². The summed E-state index contributed by atoms with van der Waals surface area (Å²) in [5.74, 6) is -0.762. The first-order valence-corrected chi connectivity index (χ1v) is 12.1. The van der Waals surface area contributed by atoms with E-state index in [1.165, 1.54) is 47.3 Å². The predicted molar refractivity (Wildman–Crippen MR) is 116 cm³/mol. The summed E-state index contributed by atoms with van der Waals surface area (Å²) in [5.41, 5.74) is 5.40. The Bertz CT molecular complexity index is 1040. The third-order valence-electron chi connectivity index (χ3n) is 4.91. The van der Waals surface area contributed by atoms with E-state index in [4.69, 9.17) is 29.0 Å². The highest BCUT2D eigenvalue weighted by atomic mass is 31.2. The summed E-state index contributed by atoms with van der Waals surface area (Å²) in [4.78, 5) is 21.2. The molecule has 0 bridgehead atoms. The van der Waals surface area contributed by atoms with Crippen LogP contribution in [0.5, 0.6) is 5.75 Å². The number of ether oxygens (including phenoxy) is 3. The summed E-state index contributed by atoms with van der Waals surface area (Å²) in [6.07, 6.45) is -2.24. The summed E-state index contributed by atoms with van der Waals surface area (Å²) < 4.78 is 52.2. The fourth-order valence-corrected chi connectivity index (χ4v) is 3.92. The molecule has 1 aromatic heterocycles. The molecule has 1 aliphatic rings. The zero-order valence-electron chi connectivity index (χ0n) is 18.5. The summed E-state index contributed by atoms with van der Waals surface area (Å²) in [5, 5.41) is 20.5. The number of amides is 1. The zero-order valence-corrected chi connectivity index (χ0v) is 19.4. The topological polar surface area (TPSA) is 171 Å². The number of primary amides is 1. The molecule has 14 heteroatoms. The second kappa shape index (κ2) is 12.5. The minimum Gasteiger partial charge on any atom is -0.491 e. The van der Waals surface area contributed by atoms with E-state index in [1.807, 2.05) is 0 Å². The van der Waals surface area contributed by atoms with Gasteiger partial charge in [0.1, 0.15) is 35.9 Å². The van der Waals surface area contributed by atoms with Crippen LogP contribution in [-0.2, 0) is 23.1 Å². The molecule has 12 nitrogen and oxygen atoms in total. The van der Waals surface area contributed by atoms with Crippen molar-refractivity contribution in [2.45, 2.75) is 24.5 Å². The maximum absolute atomic E-state index is 13.1. The molecule has 2 heterocycles. The Labute approximate surface area is 200 Å². The number of hydrogen-bond acceptors (Lipinski definition) is 9. The van der Waals surface area contributed by atoms with Gasteiger partial charge < -0.3 is 35.1 Å². The predicted octanol–water partition coefficient (Wildman–Crippen LogP) is 0.0605. The van der Waals surface area contributed by atoms with Crippen molar-refractivity contribution in [1.82, 2.24) is 0 Å². The quantitative estimate of drug-likeness (QED) is 0.162. The average Bonchev–Trinajstić information content (AvgIpc) is 3.11. The van der Waals surface area contributed by atoms with Crippen molar-refractivity contribution in [2.24, 2.45) is 5.73 Å². The normalized spacial score (nSPS) is 23.7. The smallest absolute Gasteiger partial charge is 0.472 e. The first kappa shape index (κ1) is 27.1. The van der Waals surface area contributed by atoms with Gasteiger partial charge in [-0.3, -0.25) is 13.8 Å². The number of phosphoric acid groups is 1. The van der Waals surface area contributed by atoms with Gasteiger partial charge in [0, 0.05) is 12.1 Å². The first-order valence-electron chi connectivity index (χ1n) is 10.6. The number of nitrogens with two attached hydrogens (primary N) is 1. The molecule has 0 saturated carbocycles. The molecule has 1 saturated heterocycles. The van der Waals surface area contributed by atoms with Crippen molar-refractivity contribution in [2.75, 3.05) is 33.0 Å². The molecule has 35 heavy (non-hydrogen) atoms. The molecule has 5 N–H and O–H groups in total. The number of nitrogens with zero attached hydrogens (tertiary/aromatic N) is 1. The van der Waals surface area contributed by atoms with E-state index in [0.717, 1.165) is 0 Å².